The Morgan fingerprint density at radius 3 is 2.68 bits per heavy atom. The molecule has 5 heterocycles. The van der Waals surface area contributed by atoms with Gasteiger partial charge in [-0.25, -0.2) is 19.7 Å². The number of aromatic nitrogens is 5. The van der Waals surface area contributed by atoms with Crippen LogP contribution >= 0.6 is 0 Å². The first kappa shape index (κ1) is 22.9. The highest BCUT2D eigenvalue weighted by Crippen LogP contribution is 2.37. The second-order valence-corrected chi connectivity index (χ2v) is 9.20. The lowest BCUT2D eigenvalue weighted by Crippen LogP contribution is -2.38. The number of benzene rings is 1. The Hall–Kier alpha value is -4.54. The topological polar surface area (TPSA) is 126 Å². The predicted octanol–water partition coefficient (Wildman–Crippen LogP) is 2.27. The molecule has 37 heavy (non-hydrogen) atoms. The largest absolute Gasteiger partial charge is 0.468 e. The molecule has 2 aliphatic heterocycles. The van der Waals surface area contributed by atoms with Gasteiger partial charge in [0, 0.05) is 43.6 Å². The smallest absolute Gasteiger partial charge is 0.327 e. The van der Waals surface area contributed by atoms with Crippen LogP contribution in [-0.2, 0) is 9.53 Å². The van der Waals surface area contributed by atoms with Crippen LogP contribution in [0.5, 0.6) is 0 Å². The number of hydrogen-bond donors (Lipinski definition) is 1. The summed E-state index contributed by atoms with van der Waals surface area (Å²) in [4.78, 5) is 57.8. The number of esters is 1. The third-order valence-corrected chi connectivity index (χ3v) is 7.21. The average molecular weight is 500 g/mol. The van der Waals surface area contributed by atoms with Crippen LogP contribution in [0.3, 0.4) is 0 Å². The summed E-state index contributed by atoms with van der Waals surface area (Å²) in [6.07, 6.45) is 4.55. The van der Waals surface area contributed by atoms with Gasteiger partial charge in [0.15, 0.2) is 5.65 Å². The first-order valence-electron chi connectivity index (χ1n) is 12.2. The van der Waals surface area contributed by atoms with E-state index in [2.05, 4.69) is 24.8 Å². The van der Waals surface area contributed by atoms with Crippen molar-refractivity contribution < 1.29 is 14.3 Å². The number of carbonyl (C=O) groups excluding carboxylic acids is 2. The van der Waals surface area contributed by atoms with Crippen molar-refractivity contribution in [3.63, 3.8) is 0 Å². The molecule has 11 heteroatoms. The Morgan fingerprint density at radius 1 is 1.05 bits per heavy atom. The highest BCUT2D eigenvalue weighted by molar-refractivity contribution is 6.08. The average Bonchev–Trinajstić information content (AvgIpc) is 3.50. The van der Waals surface area contributed by atoms with Crippen LogP contribution < -0.4 is 15.5 Å². The van der Waals surface area contributed by atoms with Gasteiger partial charge in [-0.1, -0.05) is 18.2 Å². The number of para-hydroxylation sites is 1. The number of imidazole rings is 1. The number of ether oxygens (including phenoxy) is 1. The highest BCUT2D eigenvalue weighted by atomic mass is 16.5. The SMILES string of the molecule is COC(=O)C1CN(C(=O)c2cc(N3CCC(n4c(=O)[nH]c5ncccc54)CC3)ncn2)c2ccccc21. The fourth-order valence-electron chi connectivity index (χ4n) is 5.39. The molecule has 4 aromatic rings. The molecule has 1 N–H and O–H groups in total. The van der Waals surface area contributed by atoms with Crippen molar-refractivity contribution in [3.05, 3.63) is 76.7 Å². The van der Waals surface area contributed by atoms with E-state index in [4.69, 9.17) is 4.74 Å². The molecular weight excluding hydrogens is 474 g/mol. The summed E-state index contributed by atoms with van der Waals surface area (Å²) in [6, 6.07) is 12.8. The van der Waals surface area contributed by atoms with Gasteiger partial charge in [-0.15, -0.1) is 0 Å². The lowest BCUT2D eigenvalue weighted by Gasteiger charge is -2.33. The van der Waals surface area contributed by atoms with Crippen molar-refractivity contribution in [2.24, 2.45) is 0 Å². The molecule has 1 atom stereocenters. The molecule has 1 aromatic carbocycles. The van der Waals surface area contributed by atoms with Crippen molar-refractivity contribution in [1.82, 2.24) is 24.5 Å². The summed E-state index contributed by atoms with van der Waals surface area (Å²) >= 11 is 0. The molecular formula is C26H25N7O4. The van der Waals surface area contributed by atoms with Gasteiger partial charge in [-0.3, -0.25) is 19.1 Å². The molecule has 0 saturated carbocycles. The van der Waals surface area contributed by atoms with Crippen LogP contribution in [0, 0.1) is 0 Å². The number of hydrogen-bond acceptors (Lipinski definition) is 8. The van der Waals surface area contributed by atoms with Crippen LogP contribution in [0.2, 0.25) is 0 Å². The molecule has 1 fully saturated rings. The van der Waals surface area contributed by atoms with E-state index in [1.54, 1.807) is 21.7 Å². The maximum absolute atomic E-state index is 13.5. The van der Waals surface area contributed by atoms with Gasteiger partial charge in [-0.2, -0.15) is 0 Å². The quantitative estimate of drug-likeness (QED) is 0.424. The van der Waals surface area contributed by atoms with E-state index in [0.717, 1.165) is 23.9 Å². The van der Waals surface area contributed by atoms with Gasteiger partial charge in [0.25, 0.3) is 5.91 Å². The third kappa shape index (κ3) is 3.92. The number of fused-ring (bicyclic) bond motifs is 2. The minimum absolute atomic E-state index is 0.0426. The van der Waals surface area contributed by atoms with E-state index in [1.807, 2.05) is 36.4 Å². The molecule has 1 unspecified atom stereocenters. The van der Waals surface area contributed by atoms with E-state index >= 15 is 0 Å². The summed E-state index contributed by atoms with van der Waals surface area (Å²) in [5.74, 6) is -0.551. The molecule has 1 saturated heterocycles. The summed E-state index contributed by atoms with van der Waals surface area (Å²) in [5, 5.41) is 0. The third-order valence-electron chi connectivity index (χ3n) is 7.21. The molecule has 2 aliphatic rings. The van der Waals surface area contributed by atoms with Crippen molar-refractivity contribution in [1.29, 1.82) is 0 Å². The number of nitrogens with one attached hydrogen (secondary N) is 1. The minimum Gasteiger partial charge on any atom is -0.468 e. The van der Waals surface area contributed by atoms with Crippen molar-refractivity contribution in [2.75, 3.05) is 36.5 Å². The molecule has 1 amide bonds. The molecule has 0 radical (unpaired) electrons. The van der Waals surface area contributed by atoms with Crippen molar-refractivity contribution >= 4 is 34.5 Å². The number of aromatic amines is 1. The molecule has 11 nitrogen and oxygen atoms in total. The molecule has 188 valence electrons. The van der Waals surface area contributed by atoms with Gasteiger partial charge in [-0.05, 0) is 36.6 Å². The van der Waals surface area contributed by atoms with E-state index in [0.29, 0.717) is 30.2 Å². The summed E-state index contributed by atoms with van der Waals surface area (Å²) in [7, 11) is 1.35. The lowest BCUT2D eigenvalue weighted by atomic mass is 10.0. The van der Waals surface area contributed by atoms with E-state index in [-0.39, 0.29) is 35.8 Å². The van der Waals surface area contributed by atoms with Gasteiger partial charge in [0.2, 0.25) is 0 Å². The van der Waals surface area contributed by atoms with Gasteiger partial charge in [0.1, 0.15) is 23.8 Å². The minimum atomic E-state index is -0.534. The maximum atomic E-state index is 13.5. The Morgan fingerprint density at radius 2 is 1.86 bits per heavy atom. The number of rotatable bonds is 4. The number of carbonyl (C=O) groups is 2. The Labute approximate surface area is 211 Å². The first-order valence-corrected chi connectivity index (χ1v) is 12.2. The summed E-state index contributed by atoms with van der Waals surface area (Å²) in [5.41, 5.74) is 2.94. The van der Waals surface area contributed by atoms with Crippen LogP contribution in [0.25, 0.3) is 11.2 Å². The number of pyridine rings is 1. The Kier molecular flexibility index (Phi) is 5.67. The normalized spacial score (nSPS) is 17.7. The second-order valence-electron chi connectivity index (χ2n) is 9.20. The number of piperidine rings is 1. The molecule has 3 aromatic heterocycles. The number of methoxy groups -OCH3 is 1. The Balaban J connectivity index is 1.20. The molecule has 0 spiro atoms. The monoisotopic (exact) mass is 499 g/mol. The van der Waals surface area contributed by atoms with E-state index < -0.39 is 5.92 Å². The first-order chi connectivity index (χ1) is 18.0. The van der Waals surface area contributed by atoms with Crippen LogP contribution in [-0.4, -0.2) is 63.1 Å². The lowest BCUT2D eigenvalue weighted by molar-refractivity contribution is -0.141. The Bertz CT molecular complexity index is 1550. The zero-order chi connectivity index (χ0) is 25.5. The fourth-order valence-corrected chi connectivity index (χ4v) is 5.39. The summed E-state index contributed by atoms with van der Waals surface area (Å²) < 4.78 is 6.74. The van der Waals surface area contributed by atoms with E-state index in [1.165, 1.54) is 13.4 Å². The number of anilines is 2. The summed E-state index contributed by atoms with van der Waals surface area (Å²) in [6.45, 7) is 1.54. The van der Waals surface area contributed by atoms with Crippen molar-refractivity contribution in [3.8, 4) is 0 Å². The molecule has 0 aliphatic carbocycles. The van der Waals surface area contributed by atoms with Crippen molar-refractivity contribution in [2.45, 2.75) is 24.8 Å². The molecule has 0 bridgehead atoms. The van der Waals surface area contributed by atoms with Crippen LogP contribution in [0.4, 0.5) is 11.5 Å². The zero-order valence-electron chi connectivity index (χ0n) is 20.2. The number of H-pyrrole nitrogens is 1. The zero-order valence-corrected chi connectivity index (χ0v) is 20.2. The van der Waals surface area contributed by atoms with E-state index in [9.17, 15) is 14.4 Å². The predicted molar refractivity (Wildman–Crippen MR) is 136 cm³/mol. The highest BCUT2D eigenvalue weighted by Gasteiger charge is 2.38. The van der Waals surface area contributed by atoms with Crippen LogP contribution in [0.1, 0.15) is 40.9 Å². The van der Waals surface area contributed by atoms with Gasteiger partial charge < -0.3 is 14.5 Å². The van der Waals surface area contributed by atoms with Gasteiger partial charge in [0.05, 0.1) is 12.6 Å². The maximum Gasteiger partial charge on any atom is 0.327 e. The number of amides is 1. The van der Waals surface area contributed by atoms with Gasteiger partial charge >= 0.3 is 11.7 Å². The number of nitrogens with zero attached hydrogens (tertiary/aromatic N) is 6. The fraction of sp³-hybridized carbons (Fsp3) is 0.308. The second kappa shape index (κ2) is 9.16. The molecule has 6 rings (SSSR count). The standard InChI is InChI=1S/C26H25N7O4/c1-37-25(35)18-14-32(20-6-3-2-5-17(18)20)24(34)19-13-22(29-15-28-19)31-11-8-16(9-12-31)33-21-7-4-10-27-23(21)30-26(33)36/h2-7,10,13,15-16,18H,8-9,11-12,14H2,1H3,(H,27,30,36). The van der Waals surface area contributed by atoms with Crippen LogP contribution in [0.15, 0.2) is 59.8 Å².